The molecule has 4 rings (SSSR count). The Labute approximate surface area is 239 Å². The summed E-state index contributed by atoms with van der Waals surface area (Å²) < 4.78 is 93.8. The van der Waals surface area contributed by atoms with E-state index in [9.17, 15) is 40.3 Å². The van der Waals surface area contributed by atoms with E-state index in [4.69, 9.17) is 0 Å². The number of rotatable bonds is 7. The van der Waals surface area contributed by atoms with Crippen molar-refractivity contribution in [3.63, 3.8) is 0 Å². The van der Waals surface area contributed by atoms with Crippen molar-refractivity contribution in [2.24, 2.45) is 5.92 Å². The Bertz CT molecular complexity index is 1230. The van der Waals surface area contributed by atoms with Crippen molar-refractivity contribution in [1.82, 2.24) is 15.1 Å². The van der Waals surface area contributed by atoms with Gasteiger partial charge in [-0.15, -0.1) is 12.4 Å². The molecule has 2 fully saturated rings. The fraction of sp³-hybridized carbons (Fsp3) is 0.500. The molecular weight excluding hydrogens is 579 g/mol. The van der Waals surface area contributed by atoms with Crippen LogP contribution >= 0.6 is 12.4 Å². The van der Waals surface area contributed by atoms with Gasteiger partial charge < -0.3 is 10.2 Å². The second-order valence-electron chi connectivity index (χ2n) is 10.7. The molecule has 13 heteroatoms. The molecule has 0 spiro atoms. The van der Waals surface area contributed by atoms with Gasteiger partial charge in [0.05, 0.1) is 17.7 Å². The molecule has 226 valence electrons. The first-order chi connectivity index (χ1) is 18.6. The van der Waals surface area contributed by atoms with Crippen molar-refractivity contribution >= 4 is 24.2 Å². The van der Waals surface area contributed by atoms with Crippen LogP contribution < -0.4 is 5.32 Å². The first-order valence-electron chi connectivity index (χ1n) is 12.9. The number of halogens is 8. The number of amides is 2. The monoisotopic (exact) mass is 609 g/mol. The second kappa shape index (κ2) is 12.6. The standard InChI is InChI=1S/C28H30F7N3O2.ClH/c1-16-9-20(29)3-6-22(16)24-14-38(15-25(39)36-21-4-5-21)8-7-23(24)26(40)37(2)13-17-10-18(27(30,31)32)12-19(11-17)28(33,34)35;/h3,6,9-12,21,23-24H,4-5,7-8,13-15H2,1-2H3,(H,36,39);1H. The molecule has 1 aliphatic carbocycles. The summed E-state index contributed by atoms with van der Waals surface area (Å²) in [6.07, 6.45) is -7.83. The van der Waals surface area contributed by atoms with Crippen molar-refractivity contribution in [1.29, 1.82) is 0 Å². The molecule has 2 aromatic rings. The SMILES string of the molecule is Cc1cc(F)ccc1C1CN(CC(=O)NC2CC2)CCC1C(=O)N(C)Cc1cc(C(F)(F)F)cc(C(F)(F)F)c1.Cl. The van der Waals surface area contributed by atoms with Gasteiger partial charge in [-0.2, -0.15) is 26.3 Å². The van der Waals surface area contributed by atoms with Gasteiger partial charge in [-0.1, -0.05) is 6.07 Å². The van der Waals surface area contributed by atoms with Gasteiger partial charge in [0.1, 0.15) is 5.82 Å². The largest absolute Gasteiger partial charge is 0.416 e. The summed E-state index contributed by atoms with van der Waals surface area (Å²) in [6.45, 7) is 2.04. The lowest BCUT2D eigenvalue weighted by Gasteiger charge is -2.40. The maximum atomic E-state index is 13.9. The molecular formula is C28H31ClF7N3O2. The number of carbonyl (C=O) groups is 2. The highest BCUT2D eigenvalue weighted by Crippen LogP contribution is 2.38. The average Bonchev–Trinajstić information content (AvgIpc) is 3.66. The third-order valence-corrected chi connectivity index (χ3v) is 7.40. The molecule has 1 aliphatic heterocycles. The molecule has 1 N–H and O–H groups in total. The van der Waals surface area contributed by atoms with Gasteiger partial charge in [0.2, 0.25) is 11.8 Å². The van der Waals surface area contributed by atoms with E-state index in [1.807, 2.05) is 4.90 Å². The zero-order valence-electron chi connectivity index (χ0n) is 22.4. The number of hydrogen-bond acceptors (Lipinski definition) is 3. The molecule has 2 aromatic carbocycles. The topological polar surface area (TPSA) is 52.7 Å². The van der Waals surface area contributed by atoms with Gasteiger partial charge in [-0.05, 0) is 79.8 Å². The third kappa shape index (κ3) is 8.34. The normalized spacial score (nSPS) is 19.8. The fourth-order valence-electron chi connectivity index (χ4n) is 5.28. The van der Waals surface area contributed by atoms with Crippen LogP contribution in [0.2, 0.25) is 0 Å². The Hall–Kier alpha value is -2.86. The first kappa shape index (κ1) is 32.7. The number of aryl methyl sites for hydroxylation is 1. The number of nitrogens with zero attached hydrogens (tertiary/aromatic N) is 2. The molecule has 2 unspecified atom stereocenters. The van der Waals surface area contributed by atoms with Crippen LogP contribution in [-0.4, -0.2) is 54.3 Å². The maximum Gasteiger partial charge on any atom is 0.416 e. The summed E-state index contributed by atoms with van der Waals surface area (Å²) in [6, 6.07) is 5.64. The van der Waals surface area contributed by atoms with Crippen LogP contribution in [-0.2, 0) is 28.5 Å². The number of carbonyl (C=O) groups excluding carboxylic acids is 2. The molecule has 0 aromatic heterocycles. The van der Waals surface area contributed by atoms with Crippen LogP contribution in [0.15, 0.2) is 36.4 Å². The van der Waals surface area contributed by atoms with Crippen LogP contribution in [0, 0.1) is 18.7 Å². The Morgan fingerprint density at radius 1 is 0.976 bits per heavy atom. The van der Waals surface area contributed by atoms with Gasteiger partial charge in [0.25, 0.3) is 0 Å². The number of benzene rings is 2. The Balaban J connectivity index is 0.00000462. The average molecular weight is 610 g/mol. The molecule has 0 radical (unpaired) electrons. The van der Waals surface area contributed by atoms with Crippen LogP contribution in [0.3, 0.4) is 0 Å². The van der Waals surface area contributed by atoms with E-state index in [0.29, 0.717) is 42.8 Å². The van der Waals surface area contributed by atoms with E-state index in [-0.39, 0.29) is 42.5 Å². The zero-order chi connectivity index (χ0) is 29.4. The Morgan fingerprint density at radius 3 is 2.12 bits per heavy atom. The number of hydrogen-bond donors (Lipinski definition) is 1. The van der Waals surface area contributed by atoms with E-state index in [2.05, 4.69) is 5.32 Å². The van der Waals surface area contributed by atoms with E-state index in [0.717, 1.165) is 17.7 Å². The molecule has 1 saturated carbocycles. The van der Waals surface area contributed by atoms with Gasteiger partial charge in [0.15, 0.2) is 0 Å². The number of nitrogens with one attached hydrogen (secondary N) is 1. The molecule has 0 bridgehead atoms. The van der Waals surface area contributed by atoms with Crippen molar-refractivity contribution in [3.05, 3.63) is 70.0 Å². The predicted octanol–water partition coefficient (Wildman–Crippen LogP) is 5.94. The zero-order valence-corrected chi connectivity index (χ0v) is 23.2. The molecule has 1 heterocycles. The fourth-order valence-corrected chi connectivity index (χ4v) is 5.28. The quantitative estimate of drug-likeness (QED) is 0.396. The van der Waals surface area contributed by atoms with Crippen molar-refractivity contribution in [3.8, 4) is 0 Å². The molecule has 5 nitrogen and oxygen atoms in total. The van der Waals surface area contributed by atoms with E-state index in [1.54, 1.807) is 13.0 Å². The van der Waals surface area contributed by atoms with Gasteiger partial charge >= 0.3 is 12.4 Å². The summed E-state index contributed by atoms with van der Waals surface area (Å²) in [7, 11) is 1.33. The lowest BCUT2D eigenvalue weighted by Crippen LogP contribution is -2.48. The highest BCUT2D eigenvalue weighted by molar-refractivity contribution is 5.85. The Kier molecular flexibility index (Phi) is 10.0. The number of alkyl halides is 6. The predicted molar refractivity (Wildman–Crippen MR) is 140 cm³/mol. The second-order valence-corrected chi connectivity index (χ2v) is 10.7. The maximum absolute atomic E-state index is 13.9. The lowest BCUT2D eigenvalue weighted by atomic mass is 9.78. The van der Waals surface area contributed by atoms with Crippen LogP contribution in [0.4, 0.5) is 30.7 Å². The van der Waals surface area contributed by atoms with Crippen LogP contribution in [0.25, 0.3) is 0 Å². The van der Waals surface area contributed by atoms with E-state index >= 15 is 0 Å². The summed E-state index contributed by atoms with van der Waals surface area (Å²) >= 11 is 0. The number of piperidine rings is 1. The van der Waals surface area contributed by atoms with Crippen molar-refractivity contribution in [2.45, 2.75) is 57.0 Å². The summed E-state index contributed by atoms with van der Waals surface area (Å²) in [4.78, 5) is 29.0. The van der Waals surface area contributed by atoms with E-state index < -0.39 is 53.6 Å². The molecule has 41 heavy (non-hydrogen) atoms. The smallest absolute Gasteiger partial charge is 0.352 e. The van der Waals surface area contributed by atoms with Crippen molar-refractivity contribution < 1.29 is 40.3 Å². The van der Waals surface area contributed by atoms with Crippen LogP contribution in [0.1, 0.15) is 53.0 Å². The minimum atomic E-state index is -5.00. The lowest BCUT2D eigenvalue weighted by molar-refractivity contribution is -0.143. The third-order valence-electron chi connectivity index (χ3n) is 7.40. The highest BCUT2D eigenvalue weighted by atomic mass is 35.5. The summed E-state index contributed by atoms with van der Waals surface area (Å²) in [5.41, 5.74) is -1.91. The molecule has 2 atom stereocenters. The first-order valence-corrected chi connectivity index (χ1v) is 12.9. The molecule has 2 aliphatic rings. The van der Waals surface area contributed by atoms with Crippen molar-refractivity contribution in [2.75, 3.05) is 26.7 Å². The molecule has 1 saturated heterocycles. The molecule has 2 amide bonds. The van der Waals surface area contributed by atoms with Gasteiger partial charge in [-0.25, -0.2) is 4.39 Å². The van der Waals surface area contributed by atoms with Gasteiger partial charge in [-0.3, -0.25) is 14.5 Å². The summed E-state index contributed by atoms with van der Waals surface area (Å²) in [5, 5.41) is 2.92. The van der Waals surface area contributed by atoms with Gasteiger partial charge in [0, 0.05) is 38.0 Å². The minimum absolute atomic E-state index is 0. The Morgan fingerprint density at radius 2 is 1.59 bits per heavy atom. The summed E-state index contributed by atoms with van der Waals surface area (Å²) in [5.74, 6) is -2.19. The highest BCUT2D eigenvalue weighted by Gasteiger charge is 2.39. The van der Waals surface area contributed by atoms with E-state index in [1.165, 1.54) is 19.2 Å². The number of likely N-dealkylation sites (tertiary alicyclic amines) is 1. The minimum Gasteiger partial charge on any atom is -0.352 e. The van der Waals surface area contributed by atoms with Crippen LogP contribution in [0.5, 0.6) is 0 Å².